The SMILES string of the molecule is O=C1NC(=O)C(Cc2ccc(-c3cccc(C(=O)O)c3)o2)S1. The van der Waals surface area contributed by atoms with E-state index in [0.29, 0.717) is 23.5 Å². The molecule has 2 heterocycles. The molecule has 3 rings (SSSR count). The Morgan fingerprint density at radius 3 is 2.77 bits per heavy atom. The highest BCUT2D eigenvalue weighted by molar-refractivity contribution is 8.15. The molecule has 1 unspecified atom stereocenters. The predicted octanol–water partition coefficient (Wildman–Crippen LogP) is 2.54. The van der Waals surface area contributed by atoms with Crippen LogP contribution in [0.2, 0.25) is 0 Å². The van der Waals surface area contributed by atoms with E-state index in [0.717, 1.165) is 11.8 Å². The van der Waals surface area contributed by atoms with E-state index in [1.54, 1.807) is 24.3 Å². The molecule has 0 saturated carbocycles. The summed E-state index contributed by atoms with van der Waals surface area (Å²) < 4.78 is 5.65. The molecule has 2 aromatic rings. The Morgan fingerprint density at radius 2 is 2.09 bits per heavy atom. The second-order valence-corrected chi connectivity index (χ2v) is 5.91. The summed E-state index contributed by atoms with van der Waals surface area (Å²) in [5, 5.41) is 10.4. The van der Waals surface area contributed by atoms with Gasteiger partial charge in [-0.05, 0) is 24.3 Å². The lowest BCUT2D eigenvalue weighted by molar-refractivity contribution is -0.119. The van der Waals surface area contributed by atoms with Gasteiger partial charge in [-0.1, -0.05) is 23.9 Å². The van der Waals surface area contributed by atoms with Crippen LogP contribution in [0.25, 0.3) is 11.3 Å². The number of hydrogen-bond donors (Lipinski definition) is 2. The number of carboxylic acids is 1. The van der Waals surface area contributed by atoms with Crippen LogP contribution in [0, 0.1) is 0 Å². The van der Waals surface area contributed by atoms with Gasteiger partial charge in [0.1, 0.15) is 16.8 Å². The van der Waals surface area contributed by atoms with Gasteiger partial charge in [0, 0.05) is 12.0 Å². The molecule has 1 atom stereocenters. The highest BCUT2D eigenvalue weighted by Crippen LogP contribution is 2.27. The molecule has 0 bridgehead atoms. The lowest BCUT2D eigenvalue weighted by Gasteiger charge is -2.02. The van der Waals surface area contributed by atoms with E-state index >= 15 is 0 Å². The van der Waals surface area contributed by atoms with Crippen molar-refractivity contribution in [3.63, 3.8) is 0 Å². The third kappa shape index (κ3) is 2.89. The summed E-state index contributed by atoms with van der Waals surface area (Å²) in [6, 6.07) is 9.84. The second kappa shape index (κ2) is 5.69. The van der Waals surface area contributed by atoms with Crippen molar-refractivity contribution in [2.45, 2.75) is 11.7 Å². The van der Waals surface area contributed by atoms with Crippen molar-refractivity contribution in [1.82, 2.24) is 5.32 Å². The molecular formula is C15H11NO5S. The molecule has 0 radical (unpaired) electrons. The van der Waals surface area contributed by atoms with Crippen molar-refractivity contribution in [2.75, 3.05) is 0 Å². The second-order valence-electron chi connectivity index (χ2n) is 4.74. The number of thioether (sulfide) groups is 1. The van der Waals surface area contributed by atoms with E-state index in [2.05, 4.69) is 5.32 Å². The third-order valence-electron chi connectivity index (χ3n) is 3.21. The largest absolute Gasteiger partial charge is 0.478 e. The lowest BCUT2D eigenvalue weighted by Crippen LogP contribution is -2.25. The molecular weight excluding hydrogens is 306 g/mol. The Kier molecular flexibility index (Phi) is 3.72. The van der Waals surface area contributed by atoms with Crippen molar-refractivity contribution < 1.29 is 23.9 Å². The molecule has 6 nitrogen and oxygen atoms in total. The topological polar surface area (TPSA) is 96.6 Å². The number of carboxylic acid groups (broad SMARTS) is 1. The number of benzene rings is 1. The van der Waals surface area contributed by atoms with Gasteiger partial charge in [0.2, 0.25) is 5.91 Å². The first-order valence-electron chi connectivity index (χ1n) is 6.47. The highest BCUT2D eigenvalue weighted by atomic mass is 32.2. The van der Waals surface area contributed by atoms with Crippen LogP contribution >= 0.6 is 11.8 Å². The Balaban J connectivity index is 1.79. The van der Waals surface area contributed by atoms with E-state index in [-0.39, 0.29) is 16.7 Å². The summed E-state index contributed by atoms with van der Waals surface area (Å²) in [6.07, 6.45) is 0.306. The molecule has 112 valence electrons. The van der Waals surface area contributed by atoms with Crippen LogP contribution < -0.4 is 5.32 Å². The molecule has 0 spiro atoms. The van der Waals surface area contributed by atoms with E-state index in [1.807, 2.05) is 0 Å². The van der Waals surface area contributed by atoms with Crippen LogP contribution in [0.1, 0.15) is 16.1 Å². The summed E-state index contributed by atoms with van der Waals surface area (Å²) in [5.74, 6) is -0.238. The monoisotopic (exact) mass is 317 g/mol. The fraction of sp³-hybridized carbons (Fsp3) is 0.133. The molecule has 2 amide bonds. The first-order chi connectivity index (χ1) is 10.5. The number of carbonyl (C=O) groups excluding carboxylic acids is 2. The van der Waals surface area contributed by atoms with Crippen LogP contribution in [-0.4, -0.2) is 27.5 Å². The van der Waals surface area contributed by atoms with Crippen LogP contribution in [0.3, 0.4) is 0 Å². The average molecular weight is 317 g/mol. The zero-order valence-corrected chi connectivity index (χ0v) is 12.1. The van der Waals surface area contributed by atoms with Crippen molar-refractivity contribution in [1.29, 1.82) is 0 Å². The maximum absolute atomic E-state index is 11.5. The van der Waals surface area contributed by atoms with Crippen LogP contribution in [-0.2, 0) is 11.2 Å². The standard InChI is InChI=1S/C15H11NO5S/c17-13-12(22-15(20)16-13)7-10-4-5-11(21-10)8-2-1-3-9(6-8)14(18)19/h1-6,12H,7H2,(H,18,19)(H,16,17,20). The minimum absolute atomic E-state index is 0.173. The van der Waals surface area contributed by atoms with Gasteiger partial charge >= 0.3 is 5.97 Å². The van der Waals surface area contributed by atoms with Crippen LogP contribution in [0.4, 0.5) is 4.79 Å². The normalized spacial score (nSPS) is 17.5. The minimum atomic E-state index is -1.01. The van der Waals surface area contributed by atoms with Gasteiger partial charge in [0.25, 0.3) is 5.24 Å². The van der Waals surface area contributed by atoms with Gasteiger partial charge in [0.05, 0.1) is 5.56 Å². The average Bonchev–Trinajstić information content (AvgIpc) is 3.06. The van der Waals surface area contributed by atoms with Gasteiger partial charge in [-0.2, -0.15) is 0 Å². The molecule has 7 heteroatoms. The Hall–Kier alpha value is -2.54. The number of nitrogens with one attached hydrogen (secondary N) is 1. The molecule has 1 aromatic carbocycles. The van der Waals surface area contributed by atoms with Gasteiger partial charge in [-0.3, -0.25) is 14.9 Å². The molecule has 1 aromatic heterocycles. The maximum atomic E-state index is 11.5. The summed E-state index contributed by atoms with van der Waals surface area (Å²) in [7, 11) is 0. The quantitative estimate of drug-likeness (QED) is 0.899. The highest BCUT2D eigenvalue weighted by Gasteiger charge is 2.32. The zero-order chi connectivity index (χ0) is 15.7. The summed E-state index contributed by atoms with van der Waals surface area (Å²) in [6.45, 7) is 0. The van der Waals surface area contributed by atoms with E-state index in [9.17, 15) is 14.4 Å². The zero-order valence-electron chi connectivity index (χ0n) is 11.2. The number of amides is 2. The van der Waals surface area contributed by atoms with E-state index in [4.69, 9.17) is 9.52 Å². The Labute approximate surface area is 129 Å². The number of aromatic carboxylic acids is 1. The summed E-state index contributed by atoms with van der Waals surface area (Å²) in [4.78, 5) is 33.6. The third-order valence-corrected chi connectivity index (χ3v) is 4.19. The Morgan fingerprint density at radius 1 is 1.27 bits per heavy atom. The number of carbonyl (C=O) groups is 3. The fourth-order valence-corrected chi connectivity index (χ4v) is 2.99. The molecule has 1 aliphatic heterocycles. The fourth-order valence-electron chi connectivity index (χ4n) is 2.16. The predicted molar refractivity (Wildman–Crippen MR) is 79.7 cm³/mol. The molecule has 1 aliphatic rings. The van der Waals surface area contributed by atoms with E-state index in [1.165, 1.54) is 12.1 Å². The van der Waals surface area contributed by atoms with Gasteiger partial charge in [0.15, 0.2) is 0 Å². The first-order valence-corrected chi connectivity index (χ1v) is 7.35. The van der Waals surface area contributed by atoms with Gasteiger partial charge < -0.3 is 9.52 Å². The minimum Gasteiger partial charge on any atom is -0.478 e. The van der Waals surface area contributed by atoms with Crippen molar-refractivity contribution in [3.05, 3.63) is 47.7 Å². The molecule has 1 fully saturated rings. The van der Waals surface area contributed by atoms with Crippen LogP contribution in [0.15, 0.2) is 40.8 Å². The summed E-state index contributed by atoms with van der Waals surface area (Å²) >= 11 is 0.943. The first kappa shape index (κ1) is 14.4. The van der Waals surface area contributed by atoms with Crippen molar-refractivity contribution >= 4 is 28.9 Å². The Bertz CT molecular complexity index is 767. The van der Waals surface area contributed by atoms with E-state index < -0.39 is 11.2 Å². The maximum Gasteiger partial charge on any atom is 0.335 e. The lowest BCUT2D eigenvalue weighted by atomic mass is 10.1. The number of imide groups is 1. The summed E-state index contributed by atoms with van der Waals surface area (Å²) in [5.41, 5.74) is 0.817. The molecule has 2 N–H and O–H groups in total. The molecule has 22 heavy (non-hydrogen) atoms. The molecule has 1 saturated heterocycles. The van der Waals surface area contributed by atoms with Gasteiger partial charge in [-0.15, -0.1) is 0 Å². The van der Waals surface area contributed by atoms with Crippen LogP contribution in [0.5, 0.6) is 0 Å². The number of hydrogen-bond acceptors (Lipinski definition) is 5. The number of rotatable bonds is 4. The van der Waals surface area contributed by atoms with Gasteiger partial charge in [-0.25, -0.2) is 4.79 Å². The number of furan rings is 1. The molecule has 0 aliphatic carbocycles. The van der Waals surface area contributed by atoms with Crippen molar-refractivity contribution in [2.24, 2.45) is 0 Å². The smallest absolute Gasteiger partial charge is 0.335 e. The van der Waals surface area contributed by atoms with Crippen molar-refractivity contribution in [3.8, 4) is 11.3 Å².